The normalized spacial score (nSPS) is 12.0. The van der Waals surface area contributed by atoms with Crippen LogP contribution in [0.3, 0.4) is 0 Å². The van der Waals surface area contributed by atoms with Gasteiger partial charge in [-0.3, -0.25) is 9.59 Å². The Balaban J connectivity index is 1.99. The molecule has 0 aliphatic carbocycles. The van der Waals surface area contributed by atoms with E-state index in [9.17, 15) is 9.59 Å². The van der Waals surface area contributed by atoms with Gasteiger partial charge >= 0.3 is 5.97 Å². The number of carboxylic acids is 1. The number of nitrogens with zero attached hydrogens (tertiary/aromatic N) is 1. The highest BCUT2D eigenvalue weighted by Gasteiger charge is 2.17. The predicted octanol–water partition coefficient (Wildman–Crippen LogP) is 2.90. The van der Waals surface area contributed by atoms with Crippen LogP contribution < -0.4 is 5.32 Å². The number of carbonyl (C=O) groups is 2. The molecule has 3 aromatic rings. The van der Waals surface area contributed by atoms with Crippen LogP contribution in [0.5, 0.6) is 0 Å². The van der Waals surface area contributed by atoms with Crippen LogP contribution in [0.2, 0.25) is 0 Å². The number of aliphatic carboxylic acids is 1. The molecule has 0 bridgehead atoms. The summed E-state index contributed by atoms with van der Waals surface area (Å²) in [7, 11) is 0. The Bertz CT molecular complexity index is 884. The highest BCUT2D eigenvalue weighted by Crippen LogP contribution is 2.28. The van der Waals surface area contributed by atoms with Crippen molar-refractivity contribution < 1.29 is 14.7 Å². The Labute approximate surface area is 139 Å². The van der Waals surface area contributed by atoms with Crippen LogP contribution in [0, 0.1) is 0 Å². The number of carboxylic acid groups (broad SMARTS) is 1. The third-order valence-electron chi connectivity index (χ3n) is 3.93. The molecule has 1 amide bonds. The molecule has 0 aliphatic rings. The number of benzene rings is 2. The fourth-order valence-electron chi connectivity index (χ4n) is 2.72. The van der Waals surface area contributed by atoms with Gasteiger partial charge in [-0.25, -0.2) is 0 Å². The Morgan fingerprint density at radius 1 is 1.08 bits per heavy atom. The van der Waals surface area contributed by atoms with Gasteiger partial charge in [-0.05, 0) is 24.6 Å². The van der Waals surface area contributed by atoms with E-state index in [4.69, 9.17) is 5.11 Å². The smallest absolute Gasteiger partial charge is 0.325 e. The van der Waals surface area contributed by atoms with Crippen molar-refractivity contribution in [2.24, 2.45) is 0 Å². The van der Waals surface area contributed by atoms with Crippen molar-refractivity contribution >= 4 is 22.8 Å². The molecular formula is C19H18N2O3. The molecule has 24 heavy (non-hydrogen) atoms. The van der Waals surface area contributed by atoms with E-state index in [2.05, 4.69) is 5.32 Å². The number of carbonyl (C=O) groups excluding carboxylic acids is 1. The van der Waals surface area contributed by atoms with Crippen molar-refractivity contribution in [1.82, 2.24) is 9.88 Å². The molecule has 0 saturated carbocycles. The number of hydrogen-bond donors (Lipinski definition) is 2. The zero-order valence-electron chi connectivity index (χ0n) is 13.3. The third-order valence-corrected chi connectivity index (χ3v) is 3.93. The Hall–Kier alpha value is -3.08. The molecule has 3 rings (SSSR count). The van der Waals surface area contributed by atoms with Crippen molar-refractivity contribution in [2.45, 2.75) is 19.5 Å². The highest BCUT2D eigenvalue weighted by molar-refractivity contribution is 5.90. The monoisotopic (exact) mass is 322 g/mol. The van der Waals surface area contributed by atoms with E-state index in [-0.39, 0.29) is 12.5 Å². The minimum atomic E-state index is -1.05. The Morgan fingerprint density at radius 2 is 1.75 bits per heavy atom. The maximum absolute atomic E-state index is 12.3. The second-order valence-electron chi connectivity index (χ2n) is 5.67. The summed E-state index contributed by atoms with van der Waals surface area (Å²) in [5.74, 6) is -1.38. The topological polar surface area (TPSA) is 71.3 Å². The number of amides is 1. The van der Waals surface area contributed by atoms with Crippen LogP contribution in [0.15, 0.2) is 60.7 Å². The molecule has 0 radical (unpaired) electrons. The van der Waals surface area contributed by atoms with Crippen molar-refractivity contribution in [2.75, 3.05) is 0 Å². The number of nitrogens with one attached hydrogen (secondary N) is 1. The lowest BCUT2D eigenvalue weighted by Crippen LogP contribution is -2.40. The summed E-state index contributed by atoms with van der Waals surface area (Å²) in [5, 5.41) is 12.5. The molecular weight excluding hydrogens is 304 g/mol. The third kappa shape index (κ3) is 3.15. The molecule has 0 saturated heterocycles. The molecule has 0 spiro atoms. The molecule has 5 nitrogen and oxygen atoms in total. The summed E-state index contributed by atoms with van der Waals surface area (Å²) in [5.41, 5.74) is 2.87. The van der Waals surface area contributed by atoms with Crippen LogP contribution in [-0.2, 0) is 16.1 Å². The molecule has 2 N–H and O–H groups in total. The summed E-state index contributed by atoms with van der Waals surface area (Å²) in [4.78, 5) is 23.2. The molecule has 1 atom stereocenters. The van der Waals surface area contributed by atoms with E-state index in [0.717, 1.165) is 22.2 Å². The quantitative estimate of drug-likeness (QED) is 0.759. The van der Waals surface area contributed by atoms with Crippen LogP contribution in [0.25, 0.3) is 22.2 Å². The molecule has 0 unspecified atom stereocenters. The van der Waals surface area contributed by atoms with Gasteiger partial charge in [-0.2, -0.15) is 0 Å². The van der Waals surface area contributed by atoms with Crippen molar-refractivity contribution in [3.8, 4) is 11.3 Å². The molecule has 5 heteroatoms. The average Bonchev–Trinajstić information content (AvgIpc) is 2.94. The summed E-state index contributed by atoms with van der Waals surface area (Å²) >= 11 is 0. The van der Waals surface area contributed by atoms with Gasteiger partial charge in [0, 0.05) is 16.6 Å². The van der Waals surface area contributed by atoms with E-state index < -0.39 is 12.0 Å². The van der Waals surface area contributed by atoms with Gasteiger partial charge in [0.05, 0.1) is 0 Å². The maximum Gasteiger partial charge on any atom is 0.325 e. The first kappa shape index (κ1) is 15.8. The molecule has 1 aromatic heterocycles. The van der Waals surface area contributed by atoms with Gasteiger partial charge < -0.3 is 15.0 Å². The lowest BCUT2D eigenvalue weighted by molar-refractivity contribution is -0.141. The fraction of sp³-hybridized carbons (Fsp3) is 0.158. The van der Waals surface area contributed by atoms with E-state index in [1.165, 1.54) is 6.92 Å². The van der Waals surface area contributed by atoms with Gasteiger partial charge in [-0.1, -0.05) is 48.5 Å². The van der Waals surface area contributed by atoms with E-state index >= 15 is 0 Å². The zero-order valence-corrected chi connectivity index (χ0v) is 13.3. The second-order valence-corrected chi connectivity index (χ2v) is 5.67. The minimum Gasteiger partial charge on any atom is -0.480 e. The average molecular weight is 322 g/mol. The summed E-state index contributed by atoms with van der Waals surface area (Å²) in [6.07, 6.45) is 0. The first-order chi connectivity index (χ1) is 11.6. The lowest BCUT2D eigenvalue weighted by atomic mass is 10.1. The predicted molar refractivity (Wildman–Crippen MR) is 92.6 cm³/mol. The van der Waals surface area contributed by atoms with Crippen LogP contribution in [0.1, 0.15) is 6.92 Å². The van der Waals surface area contributed by atoms with Gasteiger partial charge in [0.2, 0.25) is 5.91 Å². The van der Waals surface area contributed by atoms with Gasteiger partial charge in [0.1, 0.15) is 12.6 Å². The second kappa shape index (κ2) is 6.58. The first-order valence-corrected chi connectivity index (χ1v) is 7.72. The standard InChI is InChI=1S/C19H18N2O3/c1-13(19(23)24)20-18(22)12-21-16-10-6-5-9-15(16)11-17(21)14-7-3-2-4-8-14/h2-11,13H,12H2,1H3,(H,20,22)(H,23,24)/t13-/m0/s1. The SMILES string of the molecule is C[C@H](NC(=O)Cn1c(-c2ccccc2)cc2ccccc21)C(=O)O. The van der Waals surface area contributed by atoms with Crippen molar-refractivity contribution in [1.29, 1.82) is 0 Å². The number of rotatable bonds is 5. The molecule has 1 heterocycles. The highest BCUT2D eigenvalue weighted by atomic mass is 16.4. The summed E-state index contributed by atoms with van der Waals surface area (Å²) < 4.78 is 1.91. The molecule has 0 fully saturated rings. The maximum atomic E-state index is 12.3. The lowest BCUT2D eigenvalue weighted by Gasteiger charge is -2.13. The Morgan fingerprint density at radius 3 is 2.46 bits per heavy atom. The van der Waals surface area contributed by atoms with Gasteiger partial charge in [-0.15, -0.1) is 0 Å². The van der Waals surface area contributed by atoms with Gasteiger partial charge in [0.15, 0.2) is 0 Å². The summed E-state index contributed by atoms with van der Waals surface area (Å²) in [6.45, 7) is 1.52. The first-order valence-electron chi connectivity index (χ1n) is 7.72. The minimum absolute atomic E-state index is 0.0648. The van der Waals surface area contributed by atoms with Crippen LogP contribution in [-0.4, -0.2) is 27.6 Å². The summed E-state index contributed by atoms with van der Waals surface area (Å²) in [6, 6.07) is 18.8. The molecule has 2 aromatic carbocycles. The largest absolute Gasteiger partial charge is 0.480 e. The zero-order chi connectivity index (χ0) is 17.1. The van der Waals surface area contributed by atoms with E-state index in [0.29, 0.717) is 0 Å². The van der Waals surface area contributed by atoms with Crippen molar-refractivity contribution in [3.63, 3.8) is 0 Å². The number of hydrogen-bond acceptors (Lipinski definition) is 2. The van der Waals surface area contributed by atoms with E-state index in [1.54, 1.807) is 0 Å². The van der Waals surface area contributed by atoms with Crippen molar-refractivity contribution in [3.05, 3.63) is 60.7 Å². The van der Waals surface area contributed by atoms with Crippen LogP contribution >= 0.6 is 0 Å². The fourth-order valence-corrected chi connectivity index (χ4v) is 2.72. The molecule has 0 aliphatic heterocycles. The van der Waals surface area contributed by atoms with Gasteiger partial charge in [0.25, 0.3) is 0 Å². The van der Waals surface area contributed by atoms with Crippen LogP contribution in [0.4, 0.5) is 0 Å². The number of para-hydroxylation sites is 1. The number of aromatic nitrogens is 1. The van der Waals surface area contributed by atoms with E-state index in [1.807, 2.05) is 65.2 Å². The Kier molecular flexibility index (Phi) is 4.33. The molecule has 122 valence electrons. The number of fused-ring (bicyclic) bond motifs is 1.